The number of rotatable bonds is 4. The third-order valence-electron chi connectivity index (χ3n) is 4.91. The average Bonchev–Trinajstić information content (AvgIpc) is 3.12. The lowest BCUT2D eigenvalue weighted by Crippen LogP contribution is -2.11. The molecule has 1 amide bonds. The summed E-state index contributed by atoms with van der Waals surface area (Å²) in [6.45, 7) is 0. The molecule has 0 unspecified atom stereocenters. The van der Waals surface area contributed by atoms with Crippen LogP contribution >= 0.6 is 0 Å². The zero-order valence-electron chi connectivity index (χ0n) is 14.1. The monoisotopic (exact) mass is 350 g/mol. The number of carbonyl (C=O) groups excluding carboxylic acids is 2. The van der Waals surface area contributed by atoms with E-state index in [9.17, 15) is 14.4 Å². The van der Waals surface area contributed by atoms with E-state index >= 15 is 0 Å². The Balaban J connectivity index is 1.83. The molecule has 2 heterocycles. The molecule has 1 aromatic carbocycles. The maximum atomic E-state index is 12.4. The van der Waals surface area contributed by atoms with Gasteiger partial charge in [-0.05, 0) is 37.0 Å². The molecule has 3 N–H and O–H groups in total. The van der Waals surface area contributed by atoms with Gasteiger partial charge in [-0.1, -0.05) is 18.2 Å². The largest absolute Gasteiger partial charge is 0.481 e. The van der Waals surface area contributed by atoms with Gasteiger partial charge in [0.15, 0.2) is 5.78 Å². The van der Waals surface area contributed by atoms with Crippen molar-refractivity contribution in [1.82, 2.24) is 4.98 Å². The number of aliphatic carboxylic acids is 1. The van der Waals surface area contributed by atoms with Gasteiger partial charge in [-0.15, -0.1) is 0 Å². The van der Waals surface area contributed by atoms with E-state index in [1.165, 1.54) is 0 Å². The van der Waals surface area contributed by atoms with E-state index in [1.807, 2.05) is 24.3 Å². The van der Waals surface area contributed by atoms with Crippen LogP contribution in [0.25, 0.3) is 11.6 Å². The van der Waals surface area contributed by atoms with Crippen molar-refractivity contribution in [1.29, 1.82) is 0 Å². The van der Waals surface area contributed by atoms with E-state index < -0.39 is 5.97 Å². The predicted molar refractivity (Wildman–Crippen MR) is 97.0 cm³/mol. The Labute approximate surface area is 149 Å². The van der Waals surface area contributed by atoms with Crippen molar-refractivity contribution in [3.05, 3.63) is 52.3 Å². The fraction of sp³-hybridized carbons (Fsp3) is 0.250. The molecule has 0 atom stereocenters. The van der Waals surface area contributed by atoms with Gasteiger partial charge in [0.25, 0.3) is 5.91 Å². The second kappa shape index (κ2) is 6.29. The van der Waals surface area contributed by atoms with Gasteiger partial charge in [0, 0.05) is 41.0 Å². The summed E-state index contributed by atoms with van der Waals surface area (Å²) in [7, 11) is 0. The summed E-state index contributed by atoms with van der Waals surface area (Å²) in [6, 6.07) is 7.42. The van der Waals surface area contributed by atoms with Crippen LogP contribution in [-0.4, -0.2) is 27.8 Å². The first-order chi connectivity index (χ1) is 12.5. The highest BCUT2D eigenvalue weighted by Gasteiger charge is 2.28. The van der Waals surface area contributed by atoms with Crippen LogP contribution in [0, 0.1) is 0 Å². The first-order valence-corrected chi connectivity index (χ1v) is 8.65. The predicted octanol–water partition coefficient (Wildman–Crippen LogP) is 3.04. The summed E-state index contributed by atoms with van der Waals surface area (Å²) in [6.07, 6.45) is 3.96. The highest BCUT2D eigenvalue weighted by atomic mass is 16.4. The molecule has 6 nitrogen and oxygen atoms in total. The van der Waals surface area contributed by atoms with E-state index in [-0.39, 0.29) is 24.5 Å². The molecule has 2 aromatic rings. The molecule has 0 fully saturated rings. The molecule has 0 bridgehead atoms. The fourth-order valence-electron chi connectivity index (χ4n) is 3.73. The minimum absolute atomic E-state index is 0.0452. The highest BCUT2D eigenvalue weighted by molar-refractivity contribution is 6.34. The number of fused-ring (bicyclic) bond motifs is 2. The molecule has 2 aliphatic rings. The molecule has 26 heavy (non-hydrogen) atoms. The van der Waals surface area contributed by atoms with Crippen molar-refractivity contribution in [2.24, 2.45) is 0 Å². The molecule has 0 spiro atoms. The molecule has 0 saturated heterocycles. The molecular formula is C20H18N2O4. The zero-order chi connectivity index (χ0) is 18.3. The summed E-state index contributed by atoms with van der Waals surface area (Å²) in [5, 5.41) is 11.9. The van der Waals surface area contributed by atoms with Crippen molar-refractivity contribution >= 4 is 35.0 Å². The second-order valence-corrected chi connectivity index (χ2v) is 6.60. The Morgan fingerprint density at radius 2 is 2.00 bits per heavy atom. The number of nitrogens with one attached hydrogen (secondary N) is 2. The normalized spacial score (nSPS) is 17.2. The van der Waals surface area contributed by atoms with Gasteiger partial charge in [-0.25, -0.2) is 0 Å². The van der Waals surface area contributed by atoms with Crippen molar-refractivity contribution in [3.8, 4) is 0 Å². The quantitative estimate of drug-likeness (QED) is 0.738. The molecular weight excluding hydrogens is 332 g/mol. The zero-order valence-corrected chi connectivity index (χ0v) is 14.1. The Bertz CT molecular complexity index is 968. The fourth-order valence-corrected chi connectivity index (χ4v) is 3.73. The number of Topliss-reactive ketones (excluding diaryl/α,β-unsaturated/α-hetero) is 1. The third-order valence-corrected chi connectivity index (χ3v) is 4.91. The highest BCUT2D eigenvalue weighted by Crippen LogP contribution is 2.35. The van der Waals surface area contributed by atoms with E-state index in [4.69, 9.17) is 5.11 Å². The SMILES string of the molecule is O=C(O)CCc1c(C=C2C(=O)Nc3ccccc32)[nH]c2c1C(=O)CCC2. The van der Waals surface area contributed by atoms with Crippen molar-refractivity contribution in [2.75, 3.05) is 5.32 Å². The lowest BCUT2D eigenvalue weighted by molar-refractivity contribution is -0.137. The number of carboxylic acid groups (broad SMARTS) is 1. The topological polar surface area (TPSA) is 99.3 Å². The number of ketones is 1. The van der Waals surface area contributed by atoms with E-state index in [0.29, 0.717) is 28.8 Å². The Morgan fingerprint density at radius 1 is 1.19 bits per heavy atom. The number of aryl methyl sites for hydroxylation is 1. The Hall–Kier alpha value is -3.15. The van der Waals surface area contributed by atoms with E-state index in [0.717, 1.165) is 29.8 Å². The Morgan fingerprint density at radius 3 is 2.81 bits per heavy atom. The van der Waals surface area contributed by atoms with Crippen LogP contribution in [-0.2, 0) is 22.4 Å². The number of hydrogen-bond acceptors (Lipinski definition) is 3. The summed E-state index contributed by atoms with van der Waals surface area (Å²) in [5.41, 5.74) is 4.91. The number of aromatic nitrogens is 1. The summed E-state index contributed by atoms with van der Waals surface area (Å²) in [5.74, 6) is -1.07. The first-order valence-electron chi connectivity index (χ1n) is 8.65. The van der Waals surface area contributed by atoms with E-state index in [1.54, 1.807) is 6.08 Å². The van der Waals surface area contributed by atoms with Crippen molar-refractivity contribution < 1.29 is 19.5 Å². The van der Waals surface area contributed by atoms with Crippen LogP contribution in [0.5, 0.6) is 0 Å². The van der Waals surface area contributed by atoms with Crippen LogP contribution < -0.4 is 5.32 Å². The number of para-hydroxylation sites is 1. The van der Waals surface area contributed by atoms with Gasteiger partial charge in [0.2, 0.25) is 0 Å². The molecule has 0 saturated carbocycles. The number of carbonyl (C=O) groups is 3. The number of anilines is 1. The van der Waals surface area contributed by atoms with E-state index in [2.05, 4.69) is 10.3 Å². The summed E-state index contributed by atoms with van der Waals surface area (Å²) >= 11 is 0. The molecule has 1 aliphatic carbocycles. The maximum absolute atomic E-state index is 12.4. The van der Waals surface area contributed by atoms with Crippen molar-refractivity contribution in [2.45, 2.75) is 32.1 Å². The van der Waals surface area contributed by atoms with Gasteiger partial charge in [0.05, 0.1) is 5.57 Å². The smallest absolute Gasteiger partial charge is 0.303 e. The van der Waals surface area contributed by atoms with Crippen LogP contribution in [0.3, 0.4) is 0 Å². The van der Waals surface area contributed by atoms with Crippen molar-refractivity contribution in [3.63, 3.8) is 0 Å². The number of aromatic amines is 1. The Kier molecular flexibility index (Phi) is 3.95. The summed E-state index contributed by atoms with van der Waals surface area (Å²) in [4.78, 5) is 39.1. The summed E-state index contributed by atoms with van der Waals surface area (Å²) < 4.78 is 0. The van der Waals surface area contributed by atoms with Crippen LogP contribution in [0.1, 0.15) is 52.1 Å². The second-order valence-electron chi connectivity index (χ2n) is 6.60. The molecule has 1 aromatic heterocycles. The van der Waals surface area contributed by atoms with Gasteiger partial charge >= 0.3 is 5.97 Å². The number of hydrogen-bond donors (Lipinski definition) is 3. The van der Waals surface area contributed by atoms with Gasteiger partial charge in [-0.3, -0.25) is 14.4 Å². The van der Waals surface area contributed by atoms with Crippen LogP contribution in [0.4, 0.5) is 5.69 Å². The molecule has 6 heteroatoms. The van der Waals surface area contributed by atoms with Gasteiger partial charge < -0.3 is 15.4 Å². The minimum Gasteiger partial charge on any atom is -0.481 e. The van der Waals surface area contributed by atoms with Crippen LogP contribution in [0.15, 0.2) is 24.3 Å². The number of amides is 1. The minimum atomic E-state index is -0.911. The lowest BCUT2D eigenvalue weighted by atomic mass is 9.91. The molecule has 1 aliphatic heterocycles. The molecule has 0 radical (unpaired) electrons. The van der Waals surface area contributed by atoms with Gasteiger partial charge in [0.1, 0.15) is 0 Å². The third kappa shape index (κ3) is 2.73. The maximum Gasteiger partial charge on any atom is 0.303 e. The standard InChI is InChI=1S/C20H18N2O4/c23-17-7-3-6-15-19(17)12(8-9-18(24)25)16(21-15)10-13-11-4-1-2-5-14(11)22-20(13)26/h1-2,4-5,10,21H,3,6-9H2,(H,22,26)(H,24,25). The first kappa shape index (κ1) is 16.3. The van der Waals surface area contributed by atoms with Crippen LogP contribution in [0.2, 0.25) is 0 Å². The molecule has 4 rings (SSSR count). The molecule has 132 valence electrons. The lowest BCUT2D eigenvalue weighted by Gasteiger charge is -2.11. The number of benzene rings is 1. The average molecular weight is 350 g/mol. The number of H-pyrrole nitrogens is 1. The number of carboxylic acids is 1. The van der Waals surface area contributed by atoms with Gasteiger partial charge in [-0.2, -0.15) is 0 Å².